The topological polar surface area (TPSA) is 122 Å². The van der Waals surface area contributed by atoms with Crippen LogP contribution < -0.4 is 10.5 Å². The molecule has 0 unspecified atom stereocenters. The highest BCUT2D eigenvalue weighted by molar-refractivity contribution is 6.27. The standard InChI is InChI=1S/C30H36ClN5O5.ClH/c1-4-40-27(38)19-41-24-16-21(11-10-20(24)2)18-35(26(37)17-31)13-7-14-36-25(12-15-39-3)34-28-29(36)22-8-5-6-9-23(22)33-30(28)32;/h5-6,8-11,16H,4,7,12-15,17-19H2,1-3H3,(H2,32,33);1H. The molecule has 0 aliphatic carbocycles. The van der Waals surface area contributed by atoms with Gasteiger partial charge in [0.25, 0.3) is 0 Å². The van der Waals surface area contributed by atoms with Gasteiger partial charge in [0.2, 0.25) is 5.91 Å². The van der Waals surface area contributed by atoms with Gasteiger partial charge in [-0.3, -0.25) is 4.79 Å². The number of alkyl halides is 1. The van der Waals surface area contributed by atoms with E-state index in [0.29, 0.717) is 62.8 Å². The minimum absolute atomic E-state index is 0. The largest absolute Gasteiger partial charge is 0.482 e. The molecule has 2 aromatic heterocycles. The first-order valence-corrected chi connectivity index (χ1v) is 14.1. The number of esters is 1. The lowest BCUT2D eigenvalue weighted by Crippen LogP contribution is -2.33. The molecule has 0 spiro atoms. The molecule has 0 bridgehead atoms. The van der Waals surface area contributed by atoms with Crippen LogP contribution in [-0.2, 0) is 38.6 Å². The molecule has 0 fully saturated rings. The van der Waals surface area contributed by atoms with Crippen LogP contribution in [-0.4, -0.2) is 70.7 Å². The molecular weight excluding hydrogens is 581 g/mol. The molecule has 42 heavy (non-hydrogen) atoms. The maximum absolute atomic E-state index is 12.8. The summed E-state index contributed by atoms with van der Waals surface area (Å²) in [5, 5.41) is 0.969. The van der Waals surface area contributed by atoms with Crippen molar-refractivity contribution >= 4 is 63.6 Å². The molecular formula is C30H37Cl2N5O5. The zero-order valence-electron chi connectivity index (χ0n) is 24.1. The zero-order valence-corrected chi connectivity index (χ0v) is 25.7. The first-order valence-electron chi connectivity index (χ1n) is 13.6. The van der Waals surface area contributed by atoms with Gasteiger partial charge in [-0.05, 0) is 43.5 Å². The Kier molecular flexibility index (Phi) is 12.2. The summed E-state index contributed by atoms with van der Waals surface area (Å²) in [5.41, 5.74) is 10.4. The second-order valence-electron chi connectivity index (χ2n) is 9.63. The number of carbonyl (C=O) groups is 2. The van der Waals surface area contributed by atoms with E-state index in [1.807, 2.05) is 49.4 Å². The number of hydrogen-bond donors (Lipinski definition) is 1. The number of aromatic nitrogens is 3. The Balaban J connectivity index is 0.00000484. The van der Waals surface area contributed by atoms with Crippen molar-refractivity contribution < 1.29 is 23.8 Å². The van der Waals surface area contributed by atoms with E-state index in [-0.39, 0.29) is 30.8 Å². The number of pyridine rings is 1. The van der Waals surface area contributed by atoms with Crippen LogP contribution in [0.4, 0.5) is 5.82 Å². The van der Waals surface area contributed by atoms with E-state index in [2.05, 4.69) is 9.55 Å². The molecule has 0 aliphatic rings. The summed E-state index contributed by atoms with van der Waals surface area (Å²) in [6.07, 6.45) is 1.27. The number of hydrogen-bond acceptors (Lipinski definition) is 8. The second kappa shape index (κ2) is 15.6. The summed E-state index contributed by atoms with van der Waals surface area (Å²) in [5.74, 6) is 1.07. The number of imidazole rings is 1. The zero-order chi connectivity index (χ0) is 29.4. The summed E-state index contributed by atoms with van der Waals surface area (Å²) in [6.45, 7) is 5.70. The van der Waals surface area contributed by atoms with Crippen molar-refractivity contribution in [2.24, 2.45) is 0 Å². The highest BCUT2D eigenvalue weighted by atomic mass is 35.5. The number of para-hydroxylation sites is 1. The third kappa shape index (κ3) is 7.81. The van der Waals surface area contributed by atoms with Crippen molar-refractivity contribution in [2.45, 2.75) is 39.8 Å². The number of nitrogens with zero attached hydrogens (tertiary/aromatic N) is 4. The number of nitrogens with two attached hydrogens (primary N) is 1. The van der Waals surface area contributed by atoms with Crippen LogP contribution in [0.1, 0.15) is 30.3 Å². The summed E-state index contributed by atoms with van der Waals surface area (Å²) < 4.78 is 18.1. The molecule has 2 aromatic carbocycles. The number of amides is 1. The summed E-state index contributed by atoms with van der Waals surface area (Å²) in [6, 6.07) is 13.5. The van der Waals surface area contributed by atoms with Gasteiger partial charge in [0.05, 0.1) is 24.2 Å². The van der Waals surface area contributed by atoms with Gasteiger partial charge < -0.3 is 29.4 Å². The van der Waals surface area contributed by atoms with Crippen LogP contribution >= 0.6 is 24.0 Å². The van der Waals surface area contributed by atoms with E-state index in [1.54, 1.807) is 18.9 Å². The van der Waals surface area contributed by atoms with Crippen molar-refractivity contribution in [3.8, 4) is 5.75 Å². The lowest BCUT2D eigenvalue weighted by molar-refractivity contribution is -0.145. The fourth-order valence-corrected chi connectivity index (χ4v) is 4.95. The Hall–Kier alpha value is -3.60. The molecule has 0 radical (unpaired) electrons. The number of halogens is 2. The first kappa shape index (κ1) is 32.9. The second-order valence-corrected chi connectivity index (χ2v) is 9.90. The molecule has 1 amide bonds. The lowest BCUT2D eigenvalue weighted by atomic mass is 10.1. The minimum Gasteiger partial charge on any atom is -0.482 e. The van der Waals surface area contributed by atoms with Crippen molar-refractivity contribution in [3.05, 3.63) is 59.4 Å². The number of fused-ring (bicyclic) bond motifs is 3. The lowest BCUT2D eigenvalue weighted by Gasteiger charge is -2.23. The fraction of sp³-hybridized carbons (Fsp3) is 0.400. The van der Waals surface area contributed by atoms with Crippen LogP contribution in [0.2, 0.25) is 0 Å². The number of rotatable bonds is 14. The van der Waals surface area contributed by atoms with Gasteiger partial charge in [-0.25, -0.2) is 14.8 Å². The number of aryl methyl sites for hydroxylation is 2. The van der Waals surface area contributed by atoms with Crippen molar-refractivity contribution in [1.29, 1.82) is 0 Å². The van der Waals surface area contributed by atoms with Gasteiger partial charge in [-0.1, -0.05) is 30.3 Å². The smallest absolute Gasteiger partial charge is 0.344 e. The number of benzene rings is 2. The molecule has 10 nitrogen and oxygen atoms in total. The average molecular weight is 619 g/mol. The molecule has 0 saturated heterocycles. The SMILES string of the molecule is CCOC(=O)COc1cc(CN(CCCn2c(CCOC)nc3c(N)nc4ccccc4c32)C(=O)CCl)ccc1C.Cl. The van der Waals surface area contributed by atoms with Gasteiger partial charge in [0.15, 0.2) is 12.4 Å². The molecule has 0 saturated carbocycles. The third-order valence-corrected chi connectivity index (χ3v) is 7.00. The Morgan fingerprint density at radius 2 is 1.93 bits per heavy atom. The Bertz CT molecular complexity index is 1530. The first-order chi connectivity index (χ1) is 19.9. The predicted molar refractivity (Wildman–Crippen MR) is 166 cm³/mol. The van der Waals surface area contributed by atoms with E-state index in [4.69, 9.17) is 36.5 Å². The van der Waals surface area contributed by atoms with Crippen LogP contribution in [0, 0.1) is 6.92 Å². The van der Waals surface area contributed by atoms with Gasteiger partial charge in [0.1, 0.15) is 23.0 Å². The Morgan fingerprint density at radius 1 is 1.14 bits per heavy atom. The average Bonchev–Trinajstić information content (AvgIpc) is 3.34. The maximum Gasteiger partial charge on any atom is 0.344 e. The van der Waals surface area contributed by atoms with Crippen molar-refractivity contribution in [1.82, 2.24) is 19.4 Å². The Morgan fingerprint density at radius 3 is 2.67 bits per heavy atom. The van der Waals surface area contributed by atoms with Crippen LogP contribution in [0.15, 0.2) is 42.5 Å². The molecule has 4 aromatic rings. The molecule has 2 N–H and O–H groups in total. The Labute approximate surface area is 256 Å². The molecule has 226 valence electrons. The molecule has 0 atom stereocenters. The number of methoxy groups -OCH3 is 1. The highest BCUT2D eigenvalue weighted by Gasteiger charge is 2.19. The molecule has 12 heteroatoms. The van der Waals surface area contributed by atoms with E-state index < -0.39 is 5.97 Å². The number of ether oxygens (including phenoxy) is 3. The van der Waals surface area contributed by atoms with Crippen LogP contribution in [0.3, 0.4) is 0 Å². The highest BCUT2D eigenvalue weighted by Crippen LogP contribution is 2.29. The van der Waals surface area contributed by atoms with Gasteiger partial charge in [0, 0.05) is 38.6 Å². The quantitative estimate of drug-likeness (QED) is 0.160. The molecule has 2 heterocycles. The van der Waals surface area contributed by atoms with Gasteiger partial charge in [-0.15, -0.1) is 24.0 Å². The number of anilines is 1. The molecule has 0 aliphatic heterocycles. The maximum atomic E-state index is 12.8. The van der Waals surface area contributed by atoms with Gasteiger partial charge >= 0.3 is 5.97 Å². The minimum atomic E-state index is -0.432. The summed E-state index contributed by atoms with van der Waals surface area (Å²) in [4.78, 5) is 35.7. The van der Waals surface area contributed by atoms with Gasteiger partial charge in [-0.2, -0.15) is 0 Å². The van der Waals surface area contributed by atoms with E-state index in [0.717, 1.165) is 33.4 Å². The summed E-state index contributed by atoms with van der Waals surface area (Å²) in [7, 11) is 1.66. The number of carbonyl (C=O) groups excluding carboxylic acids is 2. The van der Waals surface area contributed by atoms with Crippen molar-refractivity contribution in [2.75, 3.05) is 45.1 Å². The van der Waals surface area contributed by atoms with E-state index >= 15 is 0 Å². The predicted octanol–water partition coefficient (Wildman–Crippen LogP) is 4.69. The normalized spacial score (nSPS) is 11.0. The van der Waals surface area contributed by atoms with Crippen LogP contribution in [0.5, 0.6) is 5.75 Å². The van der Waals surface area contributed by atoms with Crippen LogP contribution in [0.25, 0.3) is 21.9 Å². The molecule has 4 rings (SSSR count). The summed E-state index contributed by atoms with van der Waals surface area (Å²) >= 11 is 5.99. The van der Waals surface area contributed by atoms with Crippen molar-refractivity contribution in [3.63, 3.8) is 0 Å². The number of nitrogen functional groups attached to an aromatic ring is 1. The van der Waals surface area contributed by atoms with E-state index in [9.17, 15) is 9.59 Å². The van der Waals surface area contributed by atoms with E-state index in [1.165, 1.54) is 0 Å². The fourth-order valence-electron chi connectivity index (χ4n) is 4.78. The monoisotopic (exact) mass is 617 g/mol. The third-order valence-electron chi connectivity index (χ3n) is 6.77.